The molecule has 0 aliphatic carbocycles. The fourth-order valence-corrected chi connectivity index (χ4v) is 1.26. The van der Waals surface area contributed by atoms with E-state index in [1.807, 2.05) is 0 Å². The molecular weight excluding hydrogens is 215 g/mol. The maximum absolute atomic E-state index is 12.7. The Labute approximate surface area is 84.7 Å². The number of nitrogens with two attached hydrogens (primary N) is 1. The lowest BCUT2D eigenvalue weighted by Crippen LogP contribution is -2.13. The highest BCUT2D eigenvalue weighted by molar-refractivity contribution is 6.30. The monoisotopic (exact) mass is 223 g/mol. The van der Waals surface area contributed by atoms with Gasteiger partial charge < -0.3 is 5.73 Å². The van der Waals surface area contributed by atoms with Crippen LogP contribution in [0.4, 0.5) is 13.2 Å². The second-order valence-corrected chi connectivity index (χ2v) is 3.31. The van der Waals surface area contributed by atoms with Crippen LogP contribution in [-0.4, -0.2) is 6.43 Å². The third kappa shape index (κ3) is 2.89. The molecule has 1 aromatic rings. The summed E-state index contributed by atoms with van der Waals surface area (Å²) in [4.78, 5) is 0. The van der Waals surface area contributed by atoms with Gasteiger partial charge >= 0.3 is 0 Å². The summed E-state index contributed by atoms with van der Waals surface area (Å²) in [6, 6.07) is 2.93. The van der Waals surface area contributed by atoms with Gasteiger partial charge in [-0.25, -0.2) is 13.2 Å². The Bertz CT molecular complexity index is 317. The molecule has 1 rings (SSSR count). The van der Waals surface area contributed by atoms with Crippen molar-refractivity contribution in [2.75, 3.05) is 0 Å². The third-order valence-corrected chi connectivity index (χ3v) is 2.09. The van der Waals surface area contributed by atoms with Crippen molar-refractivity contribution in [1.29, 1.82) is 0 Å². The van der Waals surface area contributed by atoms with Crippen LogP contribution in [0.2, 0.25) is 5.02 Å². The SMILES string of the molecule is N[C@@H](CC(F)F)c1ccc(F)c(Cl)c1. The first-order valence-electron chi connectivity index (χ1n) is 3.99. The van der Waals surface area contributed by atoms with Gasteiger partial charge in [0.05, 0.1) is 5.02 Å². The van der Waals surface area contributed by atoms with Crippen LogP contribution in [0.25, 0.3) is 0 Å². The van der Waals surface area contributed by atoms with E-state index >= 15 is 0 Å². The fraction of sp³-hybridized carbons (Fsp3) is 0.333. The predicted molar refractivity (Wildman–Crippen MR) is 49.0 cm³/mol. The molecule has 1 nitrogen and oxygen atoms in total. The minimum atomic E-state index is -2.48. The second-order valence-electron chi connectivity index (χ2n) is 2.91. The van der Waals surface area contributed by atoms with Crippen molar-refractivity contribution in [2.24, 2.45) is 5.73 Å². The van der Waals surface area contributed by atoms with E-state index in [4.69, 9.17) is 17.3 Å². The average Bonchev–Trinajstić information content (AvgIpc) is 2.08. The Morgan fingerprint density at radius 1 is 1.36 bits per heavy atom. The summed E-state index contributed by atoms with van der Waals surface area (Å²) >= 11 is 5.48. The van der Waals surface area contributed by atoms with Crippen molar-refractivity contribution >= 4 is 11.6 Å². The predicted octanol–water partition coefficient (Wildman–Crippen LogP) is 3.13. The number of alkyl halides is 2. The molecule has 0 spiro atoms. The molecule has 0 aliphatic heterocycles. The molecule has 0 aromatic heterocycles. The molecule has 0 saturated carbocycles. The van der Waals surface area contributed by atoms with Gasteiger partial charge in [-0.3, -0.25) is 0 Å². The molecule has 0 heterocycles. The molecule has 2 N–H and O–H groups in total. The lowest BCUT2D eigenvalue weighted by molar-refractivity contribution is 0.128. The number of hydrogen-bond donors (Lipinski definition) is 1. The molecule has 0 bridgehead atoms. The van der Waals surface area contributed by atoms with Gasteiger partial charge in [-0.15, -0.1) is 0 Å². The van der Waals surface area contributed by atoms with Gasteiger partial charge in [0.1, 0.15) is 5.82 Å². The molecule has 14 heavy (non-hydrogen) atoms. The van der Waals surface area contributed by atoms with Crippen LogP contribution in [0, 0.1) is 5.82 Å². The first-order valence-corrected chi connectivity index (χ1v) is 4.37. The number of halogens is 4. The van der Waals surface area contributed by atoms with E-state index in [9.17, 15) is 13.2 Å². The first-order chi connectivity index (χ1) is 6.50. The van der Waals surface area contributed by atoms with Gasteiger partial charge in [0, 0.05) is 12.5 Å². The van der Waals surface area contributed by atoms with Crippen molar-refractivity contribution in [2.45, 2.75) is 18.9 Å². The lowest BCUT2D eigenvalue weighted by Gasteiger charge is -2.11. The molecular formula is C9H9ClF3N. The molecule has 1 atom stereocenters. The highest BCUT2D eigenvalue weighted by atomic mass is 35.5. The normalized spacial score (nSPS) is 13.3. The highest BCUT2D eigenvalue weighted by Gasteiger charge is 2.13. The van der Waals surface area contributed by atoms with Gasteiger partial charge in [0.2, 0.25) is 6.43 Å². The first kappa shape index (κ1) is 11.3. The van der Waals surface area contributed by atoms with E-state index in [-0.39, 0.29) is 5.02 Å². The highest BCUT2D eigenvalue weighted by Crippen LogP contribution is 2.23. The molecule has 0 saturated heterocycles. The summed E-state index contributed by atoms with van der Waals surface area (Å²) in [7, 11) is 0. The molecule has 0 radical (unpaired) electrons. The number of benzene rings is 1. The summed E-state index contributed by atoms with van der Waals surface area (Å²) in [5.74, 6) is -0.584. The molecule has 5 heteroatoms. The quantitative estimate of drug-likeness (QED) is 0.837. The summed E-state index contributed by atoms with van der Waals surface area (Å²) in [6.07, 6.45) is -2.93. The van der Waals surface area contributed by atoms with Crippen molar-refractivity contribution in [3.8, 4) is 0 Å². The zero-order chi connectivity index (χ0) is 10.7. The van der Waals surface area contributed by atoms with E-state index in [0.29, 0.717) is 5.56 Å². The van der Waals surface area contributed by atoms with Gasteiger partial charge in [0.25, 0.3) is 0 Å². The van der Waals surface area contributed by atoms with E-state index in [1.165, 1.54) is 12.1 Å². The van der Waals surface area contributed by atoms with Crippen LogP contribution in [0.5, 0.6) is 0 Å². The van der Waals surface area contributed by atoms with Crippen LogP contribution >= 0.6 is 11.6 Å². The molecule has 0 aliphatic rings. The standard InChI is InChI=1S/C9H9ClF3N/c10-6-3-5(1-2-7(6)11)8(14)4-9(12)13/h1-3,8-9H,4,14H2/t8-/m0/s1. The summed E-state index contributed by atoms with van der Waals surface area (Å²) < 4.78 is 36.6. The molecule has 1 aromatic carbocycles. The Balaban J connectivity index is 2.80. The van der Waals surface area contributed by atoms with Crippen molar-refractivity contribution in [3.05, 3.63) is 34.6 Å². The Kier molecular flexibility index (Phi) is 3.77. The van der Waals surface area contributed by atoms with Crippen LogP contribution in [0.1, 0.15) is 18.0 Å². The summed E-state index contributed by atoms with van der Waals surface area (Å²) in [5.41, 5.74) is 5.87. The number of rotatable bonds is 3. The fourth-order valence-electron chi connectivity index (χ4n) is 1.07. The van der Waals surface area contributed by atoms with Gasteiger partial charge in [0.15, 0.2) is 0 Å². The topological polar surface area (TPSA) is 26.0 Å². The number of hydrogen-bond acceptors (Lipinski definition) is 1. The van der Waals surface area contributed by atoms with Crippen molar-refractivity contribution in [3.63, 3.8) is 0 Å². The van der Waals surface area contributed by atoms with E-state index in [2.05, 4.69) is 0 Å². The smallest absolute Gasteiger partial charge is 0.240 e. The third-order valence-electron chi connectivity index (χ3n) is 1.80. The summed E-state index contributed by atoms with van der Waals surface area (Å²) in [5, 5.41) is -0.104. The Hall–Kier alpha value is -0.740. The van der Waals surface area contributed by atoms with E-state index in [1.54, 1.807) is 0 Å². The molecule has 0 amide bonds. The Morgan fingerprint density at radius 3 is 2.50 bits per heavy atom. The van der Waals surface area contributed by atoms with Gasteiger partial charge in [-0.05, 0) is 17.7 Å². The van der Waals surface area contributed by atoms with Crippen LogP contribution in [-0.2, 0) is 0 Å². The Morgan fingerprint density at radius 2 is 2.00 bits per heavy atom. The zero-order valence-corrected chi connectivity index (χ0v) is 7.94. The zero-order valence-electron chi connectivity index (χ0n) is 7.18. The minimum Gasteiger partial charge on any atom is -0.324 e. The molecule has 0 fully saturated rings. The minimum absolute atomic E-state index is 0.104. The van der Waals surface area contributed by atoms with Crippen LogP contribution < -0.4 is 5.73 Å². The molecule has 0 unspecified atom stereocenters. The maximum atomic E-state index is 12.7. The van der Waals surface area contributed by atoms with Gasteiger partial charge in [-0.2, -0.15) is 0 Å². The van der Waals surface area contributed by atoms with Crippen LogP contribution in [0.3, 0.4) is 0 Å². The van der Waals surface area contributed by atoms with Gasteiger partial charge in [-0.1, -0.05) is 17.7 Å². The largest absolute Gasteiger partial charge is 0.324 e. The average molecular weight is 224 g/mol. The summed E-state index contributed by atoms with van der Waals surface area (Å²) in [6.45, 7) is 0. The lowest BCUT2D eigenvalue weighted by atomic mass is 10.1. The van der Waals surface area contributed by atoms with E-state index in [0.717, 1.165) is 6.07 Å². The van der Waals surface area contributed by atoms with E-state index < -0.39 is 24.7 Å². The maximum Gasteiger partial charge on any atom is 0.240 e. The van der Waals surface area contributed by atoms with Crippen LogP contribution in [0.15, 0.2) is 18.2 Å². The second kappa shape index (κ2) is 4.66. The molecule has 78 valence electrons. The van der Waals surface area contributed by atoms with Crippen molar-refractivity contribution in [1.82, 2.24) is 0 Å². The van der Waals surface area contributed by atoms with Crippen molar-refractivity contribution < 1.29 is 13.2 Å².